The number of carbonyl (C=O) groups excluding carboxylic acids is 1. The largest absolute Gasteiger partial charge is 0.495 e. The molecule has 0 radical (unpaired) electrons. The fraction of sp³-hybridized carbons (Fsp3) is 0.211. The van der Waals surface area contributed by atoms with Crippen molar-refractivity contribution in [1.82, 2.24) is 0 Å². The maximum absolute atomic E-state index is 12.1. The second-order valence-electron chi connectivity index (χ2n) is 5.15. The van der Waals surface area contributed by atoms with E-state index in [1.54, 1.807) is 20.3 Å². The molecule has 5 heteroatoms. The van der Waals surface area contributed by atoms with E-state index >= 15 is 0 Å². The van der Waals surface area contributed by atoms with Gasteiger partial charge in [0.15, 0.2) is 6.79 Å². The van der Waals surface area contributed by atoms with Crippen molar-refractivity contribution in [2.24, 2.45) is 0 Å². The van der Waals surface area contributed by atoms with Gasteiger partial charge in [0.2, 0.25) is 5.91 Å². The summed E-state index contributed by atoms with van der Waals surface area (Å²) in [5.74, 6) is 1.11. The Labute approximate surface area is 141 Å². The van der Waals surface area contributed by atoms with Gasteiger partial charge in [0, 0.05) is 13.2 Å². The average Bonchev–Trinajstić information content (AvgIpc) is 2.59. The molecule has 0 saturated carbocycles. The zero-order valence-electron chi connectivity index (χ0n) is 14.0. The molecule has 0 aliphatic heterocycles. The van der Waals surface area contributed by atoms with Crippen LogP contribution in [0.1, 0.15) is 11.1 Å². The van der Waals surface area contributed by atoms with Gasteiger partial charge >= 0.3 is 0 Å². The molecule has 0 aliphatic carbocycles. The van der Waals surface area contributed by atoms with Crippen LogP contribution in [-0.4, -0.2) is 26.9 Å². The lowest BCUT2D eigenvalue weighted by Crippen LogP contribution is -2.09. The Hall–Kier alpha value is -2.79. The predicted octanol–water partition coefficient (Wildman–Crippen LogP) is 3.64. The lowest BCUT2D eigenvalue weighted by atomic mass is 10.2. The molecule has 126 valence electrons. The molecule has 0 heterocycles. The summed E-state index contributed by atoms with van der Waals surface area (Å²) in [6.07, 6.45) is 3.21. The Kier molecular flexibility index (Phi) is 6.40. The Morgan fingerprint density at radius 3 is 2.54 bits per heavy atom. The van der Waals surface area contributed by atoms with Crippen LogP contribution in [0.4, 0.5) is 5.69 Å². The topological polar surface area (TPSA) is 56.8 Å². The number of amides is 1. The van der Waals surface area contributed by atoms with E-state index in [1.165, 1.54) is 6.08 Å². The van der Waals surface area contributed by atoms with Gasteiger partial charge in [0.1, 0.15) is 11.5 Å². The number of ether oxygens (including phenoxy) is 3. The number of nitrogens with one attached hydrogen (secondary N) is 1. The maximum Gasteiger partial charge on any atom is 0.248 e. The van der Waals surface area contributed by atoms with Crippen molar-refractivity contribution in [2.75, 3.05) is 26.3 Å². The summed E-state index contributed by atoms with van der Waals surface area (Å²) in [7, 11) is 3.14. The minimum absolute atomic E-state index is 0.204. The van der Waals surface area contributed by atoms with Crippen LogP contribution in [0.2, 0.25) is 0 Å². The van der Waals surface area contributed by atoms with E-state index in [2.05, 4.69) is 5.32 Å². The molecule has 0 saturated heterocycles. The first-order valence-corrected chi connectivity index (χ1v) is 7.48. The number of hydrogen-bond donors (Lipinski definition) is 1. The molecule has 2 aromatic rings. The highest BCUT2D eigenvalue weighted by Gasteiger charge is 2.05. The van der Waals surface area contributed by atoms with Gasteiger partial charge in [-0.1, -0.05) is 18.2 Å². The second-order valence-corrected chi connectivity index (χ2v) is 5.15. The van der Waals surface area contributed by atoms with Crippen LogP contribution in [0.25, 0.3) is 6.08 Å². The third-order valence-electron chi connectivity index (χ3n) is 3.26. The predicted molar refractivity (Wildman–Crippen MR) is 94.3 cm³/mol. The molecule has 0 bridgehead atoms. The van der Waals surface area contributed by atoms with E-state index in [0.29, 0.717) is 17.2 Å². The number of methoxy groups -OCH3 is 2. The maximum atomic E-state index is 12.1. The van der Waals surface area contributed by atoms with E-state index in [1.807, 2.05) is 49.4 Å². The SMILES string of the molecule is COCOc1ccc(/C=C/C(=O)Nc2cc(C)ccc2OC)cc1. The number of carbonyl (C=O) groups is 1. The highest BCUT2D eigenvalue weighted by Crippen LogP contribution is 2.25. The van der Waals surface area contributed by atoms with Crippen LogP contribution in [-0.2, 0) is 9.53 Å². The molecule has 0 spiro atoms. The summed E-state index contributed by atoms with van der Waals surface area (Å²) in [5.41, 5.74) is 2.59. The molecule has 1 amide bonds. The van der Waals surface area contributed by atoms with Crippen molar-refractivity contribution in [3.8, 4) is 11.5 Å². The Bertz CT molecular complexity index is 708. The Morgan fingerprint density at radius 2 is 1.88 bits per heavy atom. The number of benzene rings is 2. The zero-order valence-corrected chi connectivity index (χ0v) is 14.0. The smallest absolute Gasteiger partial charge is 0.248 e. The van der Waals surface area contributed by atoms with Crippen molar-refractivity contribution < 1.29 is 19.0 Å². The molecule has 0 aromatic heterocycles. The average molecular weight is 327 g/mol. The number of rotatable bonds is 7. The van der Waals surface area contributed by atoms with Gasteiger partial charge in [0.05, 0.1) is 12.8 Å². The highest BCUT2D eigenvalue weighted by molar-refractivity contribution is 6.02. The fourth-order valence-electron chi connectivity index (χ4n) is 2.07. The van der Waals surface area contributed by atoms with Gasteiger partial charge in [-0.05, 0) is 48.4 Å². The number of aryl methyl sites for hydroxylation is 1. The van der Waals surface area contributed by atoms with Gasteiger partial charge in [0.25, 0.3) is 0 Å². The molecule has 24 heavy (non-hydrogen) atoms. The van der Waals surface area contributed by atoms with Crippen LogP contribution in [0, 0.1) is 6.92 Å². The van der Waals surface area contributed by atoms with Crippen LogP contribution in [0.3, 0.4) is 0 Å². The summed E-state index contributed by atoms with van der Waals surface area (Å²) in [6.45, 7) is 2.16. The molecule has 0 atom stereocenters. The van der Waals surface area contributed by atoms with E-state index in [-0.39, 0.29) is 12.7 Å². The van der Waals surface area contributed by atoms with E-state index in [4.69, 9.17) is 14.2 Å². The van der Waals surface area contributed by atoms with Gasteiger partial charge in [-0.25, -0.2) is 0 Å². The molecular weight excluding hydrogens is 306 g/mol. The second kappa shape index (κ2) is 8.74. The summed E-state index contributed by atoms with van der Waals surface area (Å²) in [6, 6.07) is 13.0. The summed E-state index contributed by atoms with van der Waals surface area (Å²) in [5, 5.41) is 2.82. The van der Waals surface area contributed by atoms with Crippen LogP contribution < -0.4 is 14.8 Å². The Balaban J connectivity index is 1.99. The van der Waals surface area contributed by atoms with Gasteiger partial charge in [-0.3, -0.25) is 4.79 Å². The fourth-order valence-corrected chi connectivity index (χ4v) is 2.07. The van der Waals surface area contributed by atoms with Crippen LogP contribution >= 0.6 is 0 Å². The standard InChI is InChI=1S/C19H21NO4/c1-14-4-10-18(23-3)17(12-14)20-19(21)11-7-15-5-8-16(9-6-15)24-13-22-2/h4-12H,13H2,1-3H3,(H,20,21)/b11-7+. The first-order valence-electron chi connectivity index (χ1n) is 7.48. The molecule has 0 unspecified atom stereocenters. The van der Waals surface area contributed by atoms with Crippen LogP contribution in [0.15, 0.2) is 48.5 Å². The normalized spacial score (nSPS) is 10.6. The quantitative estimate of drug-likeness (QED) is 0.623. The molecular formula is C19H21NO4. The number of anilines is 1. The van der Waals surface area contributed by atoms with E-state index in [9.17, 15) is 4.79 Å². The third kappa shape index (κ3) is 5.14. The lowest BCUT2D eigenvalue weighted by Gasteiger charge is -2.09. The summed E-state index contributed by atoms with van der Waals surface area (Å²) < 4.78 is 15.4. The van der Waals surface area contributed by atoms with Gasteiger partial charge in [-0.2, -0.15) is 0 Å². The van der Waals surface area contributed by atoms with Crippen molar-refractivity contribution in [1.29, 1.82) is 0 Å². The van der Waals surface area contributed by atoms with Crippen molar-refractivity contribution in [3.05, 3.63) is 59.7 Å². The molecule has 1 N–H and O–H groups in total. The number of hydrogen-bond acceptors (Lipinski definition) is 4. The highest BCUT2D eigenvalue weighted by atomic mass is 16.7. The van der Waals surface area contributed by atoms with Crippen molar-refractivity contribution >= 4 is 17.7 Å². The van der Waals surface area contributed by atoms with Gasteiger partial charge in [-0.15, -0.1) is 0 Å². The summed E-state index contributed by atoms with van der Waals surface area (Å²) >= 11 is 0. The minimum atomic E-state index is -0.224. The van der Waals surface area contributed by atoms with E-state index < -0.39 is 0 Å². The monoisotopic (exact) mass is 327 g/mol. The third-order valence-corrected chi connectivity index (χ3v) is 3.26. The molecule has 0 fully saturated rings. The van der Waals surface area contributed by atoms with Gasteiger partial charge < -0.3 is 19.5 Å². The van der Waals surface area contributed by atoms with Crippen molar-refractivity contribution in [2.45, 2.75) is 6.92 Å². The summed E-state index contributed by atoms with van der Waals surface area (Å²) in [4.78, 5) is 12.1. The molecule has 0 aliphatic rings. The first kappa shape index (κ1) is 17.6. The minimum Gasteiger partial charge on any atom is -0.495 e. The first-order chi connectivity index (χ1) is 11.6. The molecule has 2 aromatic carbocycles. The molecule has 2 rings (SSSR count). The van der Waals surface area contributed by atoms with E-state index in [0.717, 1.165) is 11.1 Å². The zero-order chi connectivity index (χ0) is 17.4. The molecule has 5 nitrogen and oxygen atoms in total. The van der Waals surface area contributed by atoms with Crippen molar-refractivity contribution in [3.63, 3.8) is 0 Å². The van der Waals surface area contributed by atoms with Crippen LogP contribution in [0.5, 0.6) is 11.5 Å². The Morgan fingerprint density at radius 1 is 1.12 bits per heavy atom. The lowest BCUT2D eigenvalue weighted by molar-refractivity contribution is -0.111.